The Morgan fingerprint density at radius 3 is 2.64 bits per heavy atom. The predicted molar refractivity (Wildman–Crippen MR) is 130 cm³/mol. The minimum atomic E-state index is -0.212. The standard InChI is InChI=1S/C25H25N5O2S/c1-17(12-13-18-8-4-2-5-9-18)27-22(31)14-20-16-33-25-28-23-21(24(32)29(20)25)15-26-30(23)19-10-6-3-7-11-19/h2-11,15,17,20H,12-14,16H2,1H3,(H,27,31). The van der Waals surface area contributed by atoms with Gasteiger partial charge in [0.05, 0.1) is 17.9 Å². The monoisotopic (exact) mass is 459 g/mol. The lowest BCUT2D eigenvalue weighted by molar-refractivity contribution is -0.122. The van der Waals surface area contributed by atoms with E-state index < -0.39 is 0 Å². The van der Waals surface area contributed by atoms with Gasteiger partial charge in [0.1, 0.15) is 5.39 Å². The van der Waals surface area contributed by atoms with E-state index in [4.69, 9.17) is 4.98 Å². The highest BCUT2D eigenvalue weighted by molar-refractivity contribution is 7.99. The van der Waals surface area contributed by atoms with Crippen LogP contribution in [0.1, 0.15) is 31.4 Å². The van der Waals surface area contributed by atoms with Gasteiger partial charge in [-0.3, -0.25) is 14.2 Å². The molecular formula is C25H25N5O2S. The largest absolute Gasteiger partial charge is 0.354 e. The topological polar surface area (TPSA) is 81.8 Å². The van der Waals surface area contributed by atoms with Gasteiger partial charge < -0.3 is 5.32 Å². The summed E-state index contributed by atoms with van der Waals surface area (Å²) in [5.74, 6) is 0.611. The van der Waals surface area contributed by atoms with Crippen molar-refractivity contribution in [2.45, 2.75) is 43.4 Å². The summed E-state index contributed by atoms with van der Waals surface area (Å²) >= 11 is 1.51. The van der Waals surface area contributed by atoms with Crippen LogP contribution >= 0.6 is 11.8 Å². The molecule has 4 aromatic rings. The second-order valence-electron chi connectivity index (χ2n) is 8.36. The molecule has 2 aromatic carbocycles. The number of para-hydroxylation sites is 1. The van der Waals surface area contributed by atoms with E-state index in [-0.39, 0.29) is 30.0 Å². The molecular weight excluding hydrogens is 434 g/mol. The number of nitrogens with one attached hydrogen (secondary N) is 1. The Balaban J connectivity index is 1.29. The van der Waals surface area contributed by atoms with Crippen LogP contribution in [-0.4, -0.2) is 37.0 Å². The van der Waals surface area contributed by atoms with Crippen LogP contribution in [0.3, 0.4) is 0 Å². The van der Waals surface area contributed by atoms with E-state index in [1.165, 1.54) is 17.3 Å². The van der Waals surface area contributed by atoms with E-state index in [2.05, 4.69) is 22.5 Å². The number of carbonyl (C=O) groups excluding carboxylic acids is 1. The highest BCUT2D eigenvalue weighted by Crippen LogP contribution is 2.33. The van der Waals surface area contributed by atoms with Gasteiger partial charge >= 0.3 is 0 Å². The fourth-order valence-corrected chi connectivity index (χ4v) is 5.32. The van der Waals surface area contributed by atoms with Crippen molar-refractivity contribution >= 4 is 28.7 Å². The molecule has 2 unspecified atom stereocenters. The molecule has 7 nitrogen and oxygen atoms in total. The fourth-order valence-electron chi connectivity index (χ4n) is 4.19. The fraction of sp³-hybridized carbons (Fsp3) is 0.280. The molecule has 168 valence electrons. The third-order valence-corrected chi connectivity index (χ3v) is 7.01. The Bertz CT molecular complexity index is 1330. The number of aryl methyl sites for hydroxylation is 1. The first-order valence-corrected chi connectivity index (χ1v) is 12.1. The smallest absolute Gasteiger partial charge is 0.265 e. The Morgan fingerprint density at radius 1 is 1.15 bits per heavy atom. The predicted octanol–water partition coefficient (Wildman–Crippen LogP) is 3.76. The number of benzene rings is 2. The first-order chi connectivity index (χ1) is 16.1. The molecule has 0 saturated heterocycles. The van der Waals surface area contributed by atoms with Crippen LogP contribution in [0.4, 0.5) is 0 Å². The van der Waals surface area contributed by atoms with E-state index >= 15 is 0 Å². The number of hydrogen-bond acceptors (Lipinski definition) is 5. The van der Waals surface area contributed by atoms with Crippen LogP contribution in [0.15, 0.2) is 76.8 Å². The number of fused-ring (bicyclic) bond motifs is 2. The second kappa shape index (κ2) is 9.23. The molecule has 0 fully saturated rings. The van der Waals surface area contributed by atoms with E-state index in [9.17, 15) is 9.59 Å². The van der Waals surface area contributed by atoms with Gasteiger partial charge in [-0.15, -0.1) is 0 Å². The normalized spacial score (nSPS) is 16.0. The van der Waals surface area contributed by atoms with Crippen LogP contribution in [0.5, 0.6) is 0 Å². The molecule has 1 aliphatic rings. The lowest BCUT2D eigenvalue weighted by atomic mass is 10.1. The summed E-state index contributed by atoms with van der Waals surface area (Å²) in [6, 6.07) is 19.7. The van der Waals surface area contributed by atoms with Crippen molar-refractivity contribution in [1.82, 2.24) is 24.6 Å². The lowest BCUT2D eigenvalue weighted by Gasteiger charge is -2.17. The zero-order valence-corrected chi connectivity index (χ0v) is 19.2. The van der Waals surface area contributed by atoms with E-state index in [0.717, 1.165) is 18.5 Å². The third-order valence-electron chi connectivity index (χ3n) is 5.91. The number of carbonyl (C=O) groups is 1. The first-order valence-electron chi connectivity index (χ1n) is 11.1. The van der Waals surface area contributed by atoms with Crippen molar-refractivity contribution in [3.63, 3.8) is 0 Å². The van der Waals surface area contributed by atoms with Gasteiger partial charge in [0.2, 0.25) is 5.91 Å². The second-order valence-corrected chi connectivity index (χ2v) is 9.35. The van der Waals surface area contributed by atoms with Gasteiger partial charge in [0.15, 0.2) is 10.8 Å². The number of nitrogens with zero attached hydrogens (tertiary/aromatic N) is 4. The van der Waals surface area contributed by atoms with Crippen molar-refractivity contribution in [3.8, 4) is 5.69 Å². The van der Waals surface area contributed by atoms with Crippen LogP contribution < -0.4 is 10.9 Å². The molecule has 0 aliphatic carbocycles. The van der Waals surface area contributed by atoms with Crippen LogP contribution in [-0.2, 0) is 11.2 Å². The van der Waals surface area contributed by atoms with Gasteiger partial charge in [-0.2, -0.15) is 5.10 Å². The third kappa shape index (κ3) is 4.43. The minimum absolute atomic E-state index is 0.0408. The van der Waals surface area contributed by atoms with Gasteiger partial charge in [-0.1, -0.05) is 60.3 Å². The zero-order valence-electron chi connectivity index (χ0n) is 18.3. The quantitative estimate of drug-likeness (QED) is 0.426. The molecule has 33 heavy (non-hydrogen) atoms. The van der Waals surface area contributed by atoms with Crippen LogP contribution in [0.2, 0.25) is 0 Å². The Labute approximate surface area is 195 Å². The Morgan fingerprint density at radius 2 is 1.88 bits per heavy atom. The molecule has 5 rings (SSSR count). The molecule has 1 aliphatic heterocycles. The number of rotatable bonds is 7. The van der Waals surface area contributed by atoms with Gasteiger partial charge in [-0.25, -0.2) is 9.67 Å². The van der Waals surface area contributed by atoms with Crippen molar-refractivity contribution in [3.05, 3.63) is 82.8 Å². The number of amides is 1. The number of thioether (sulfide) groups is 1. The minimum Gasteiger partial charge on any atom is -0.354 e. The summed E-state index contributed by atoms with van der Waals surface area (Å²) in [7, 11) is 0. The van der Waals surface area contributed by atoms with Crippen LogP contribution in [0.25, 0.3) is 16.7 Å². The molecule has 2 aromatic heterocycles. The molecule has 1 N–H and O–H groups in total. The Kier molecular flexibility index (Phi) is 6.00. The average Bonchev–Trinajstić information content (AvgIpc) is 3.44. The highest BCUT2D eigenvalue weighted by Gasteiger charge is 2.29. The maximum absolute atomic E-state index is 13.3. The van der Waals surface area contributed by atoms with E-state index in [1.54, 1.807) is 15.4 Å². The summed E-state index contributed by atoms with van der Waals surface area (Å²) < 4.78 is 3.35. The zero-order chi connectivity index (χ0) is 22.8. The van der Waals surface area contributed by atoms with E-state index in [0.29, 0.717) is 21.9 Å². The Hall–Kier alpha value is -3.39. The number of aromatic nitrogens is 4. The lowest BCUT2D eigenvalue weighted by Crippen LogP contribution is -2.35. The first kappa shape index (κ1) is 21.5. The molecule has 0 bridgehead atoms. The summed E-state index contributed by atoms with van der Waals surface area (Å²) in [6.45, 7) is 2.02. The van der Waals surface area contributed by atoms with Gasteiger partial charge in [0.25, 0.3) is 5.56 Å². The van der Waals surface area contributed by atoms with Crippen LogP contribution in [0, 0.1) is 0 Å². The van der Waals surface area contributed by atoms with Crippen molar-refractivity contribution in [2.75, 3.05) is 5.75 Å². The van der Waals surface area contributed by atoms with E-state index in [1.807, 2.05) is 55.5 Å². The molecule has 8 heteroatoms. The molecule has 0 saturated carbocycles. The average molecular weight is 460 g/mol. The molecule has 0 spiro atoms. The molecule has 0 radical (unpaired) electrons. The summed E-state index contributed by atoms with van der Waals surface area (Å²) in [6.07, 6.45) is 3.61. The molecule has 1 amide bonds. The van der Waals surface area contributed by atoms with Gasteiger partial charge in [0, 0.05) is 18.2 Å². The highest BCUT2D eigenvalue weighted by atomic mass is 32.2. The van der Waals surface area contributed by atoms with Gasteiger partial charge in [-0.05, 0) is 37.5 Å². The molecule has 2 atom stereocenters. The summed E-state index contributed by atoms with van der Waals surface area (Å²) in [4.78, 5) is 30.7. The summed E-state index contributed by atoms with van der Waals surface area (Å²) in [5, 5.41) is 8.58. The summed E-state index contributed by atoms with van der Waals surface area (Å²) in [5.41, 5.74) is 2.52. The molecule has 3 heterocycles. The number of hydrogen-bond donors (Lipinski definition) is 1. The van der Waals surface area contributed by atoms with Crippen molar-refractivity contribution in [1.29, 1.82) is 0 Å². The van der Waals surface area contributed by atoms with Crippen molar-refractivity contribution in [2.24, 2.45) is 0 Å². The van der Waals surface area contributed by atoms with Crippen molar-refractivity contribution < 1.29 is 4.79 Å². The maximum Gasteiger partial charge on any atom is 0.265 e. The SMILES string of the molecule is CC(CCc1ccccc1)NC(=O)CC1CSc2nc3c(cnn3-c3ccccc3)c(=O)n21. The maximum atomic E-state index is 13.3.